The first-order valence-electron chi connectivity index (χ1n) is 9.89. The molecule has 0 bridgehead atoms. The van der Waals surface area contributed by atoms with Crippen LogP contribution in [0.1, 0.15) is 43.1 Å². The number of benzene rings is 2. The number of aromatic nitrogens is 2. The molecular formula is C23H22N4O3. The molecule has 3 aromatic rings. The van der Waals surface area contributed by atoms with Gasteiger partial charge >= 0.3 is 0 Å². The van der Waals surface area contributed by atoms with Gasteiger partial charge in [0, 0.05) is 31.0 Å². The van der Waals surface area contributed by atoms with Crippen molar-refractivity contribution < 1.29 is 14.1 Å². The van der Waals surface area contributed by atoms with E-state index in [4.69, 9.17) is 14.5 Å². The normalized spacial score (nSPS) is 16.1. The summed E-state index contributed by atoms with van der Waals surface area (Å²) in [6.45, 7) is 5.05. The third-order valence-corrected chi connectivity index (χ3v) is 4.93. The zero-order valence-corrected chi connectivity index (χ0v) is 16.9. The van der Waals surface area contributed by atoms with Gasteiger partial charge in [-0.3, -0.25) is 4.79 Å². The Morgan fingerprint density at radius 2 is 2.07 bits per heavy atom. The van der Waals surface area contributed by atoms with Crippen molar-refractivity contribution in [2.45, 2.75) is 38.8 Å². The van der Waals surface area contributed by atoms with Gasteiger partial charge in [0.25, 0.3) is 5.89 Å². The second-order valence-electron chi connectivity index (χ2n) is 7.64. The summed E-state index contributed by atoms with van der Waals surface area (Å²) in [4.78, 5) is 18.8. The molecular weight excluding hydrogens is 380 g/mol. The Morgan fingerprint density at radius 1 is 1.27 bits per heavy atom. The van der Waals surface area contributed by atoms with Gasteiger partial charge in [-0.05, 0) is 49.7 Å². The predicted octanol–water partition coefficient (Wildman–Crippen LogP) is 3.91. The molecule has 1 aromatic heterocycles. The smallest absolute Gasteiger partial charge is 0.257 e. The van der Waals surface area contributed by atoms with E-state index in [1.54, 1.807) is 18.2 Å². The summed E-state index contributed by atoms with van der Waals surface area (Å²) in [5, 5.41) is 13.1. The lowest BCUT2D eigenvalue weighted by Crippen LogP contribution is -2.24. The van der Waals surface area contributed by atoms with Crippen molar-refractivity contribution in [3.8, 4) is 23.3 Å². The Hall–Kier alpha value is -3.66. The molecule has 4 rings (SSSR count). The fraction of sp³-hybridized carbons (Fsp3) is 0.304. The Balaban J connectivity index is 1.42. The Bertz CT molecular complexity index is 1080. The van der Waals surface area contributed by atoms with Crippen molar-refractivity contribution in [3.05, 3.63) is 65.5 Å². The molecule has 30 heavy (non-hydrogen) atoms. The first-order valence-corrected chi connectivity index (χ1v) is 9.89. The summed E-state index contributed by atoms with van der Waals surface area (Å²) >= 11 is 0. The Labute approximate surface area is 174 Å². The summed E-state index contributed by atoms with van der Waals surface area (Å²) in [6.07, 6.45) is 0.477. The Kier molecular flexibility index (Phi) is 5.48. The monoisotopic (exact) mass is 402 g/mol. The van der Waals surface area contributed by atoms with Crippen LogP contribution in [0.2, 0.25) is 0 Å². The third-order valence-electron chi connectivity index (χ3n) is 4.93. The molecule has 152 valence electrons. The highest BCUT2D eigenvalue weighted by Gasteiger charge is 2.33. The largest absolute Gasteiger partial charge is 0.491 e. The second-order valence-corrected chi connectivity index (χ2v) is 7.64. The summed E-state index contributed by atoms with van der Waals surface area (Å²) in [7, 11) is 0. The van der Waals surface area contributed by atoms with Gasteiger partial charge in [0.05, 0.1) is 17.7 Å². The molecule has 0 saturated carbocycles. The Morgan fingerprint density at radius 3 is 2.80 bits per heavy atom. The molecule has 0 spiro atoms. The van der Waals surface area contributed by atoms with Crippen LogP contribution in [-0.4, -0.2) is 33.6 Å². The van der Waals surface area contributed by atoms with E-state index in [0.29, 0.717) is 42.4 Å². The van der Waals surface area contributed by atoms with Crippen LogP contribution in [0.5, 0.6) is 5.75 Å². The minimum absolute atomic E-state index is 0.0698. The summed E-state index contributed by atoms with van der Waals surface area (Å²) < 4.78 is 11.0. The highest BCUT2D eigenvalue weighted by molar-refractivity contribution is 5.79. The van der Waals surface area contributed by atoms with Crippen molar-refractivity contribution in [1.82, 2.24) is 15.0 Å². The number of carbonyl (C=O) groups is 1. The van der Waals surface area contributed by atoms with E-state index in [-0.39, 0.29) is 17.9 Å². The molecule has 0 aliphatic carbocycles. The van der Waals surface area contributed by atoms with Crippen molar-refractivity contribution in [2.24, 2.45) is 0 Å². The number of ether oxygens (including phenoxy) is 1. The maximum atomic E-state index is 12.5. The molecule has 7 nitrogen and oxygen atoms in total. The first-order chi connectivity index (χ1) is 14.5. The number of hydrogen-bond donors (Lipinski definition) is 0. The molecule has 1 aliphatic rings. The summed E-state index contributed by atoms with van der Waals surface area (Å²) in [6, 6.07) is 16.9. The maximum absolute atomic E-state index is 12.5. The van der Waals surface area contributed by atoms with Crippen LogP contribution >= 0.6 is 0 Å². The van der Waals surface area contributed by atoms with Crippen LogP contribution in [0, 0.1) is 11.3 Å². The van der Waals surface area contributed by atoms with Gasteiger partial charge in [-0.2, -0.15) is 10.2 Å². The topological polar surface area (TPSA) is 92.2 Å². The van der Waals surface area contributed by atoms with E-state index < -0.39 is 0 Å². The van der Waals surface area contributed by atoms with Crippen molar-refractivity contribution in [1.29, 1.82) is 5.26 Å². The van der Waals surface area contributed by atoms with E-state index in [1.807, 2.05) is 49.1 Å². The summed E-state index contributed by atoms with van der Waals surface area (Å²) in [5.41, 5.74) is 2.26. The number of hydrogen-bond acceptors (Lipinski definition) is 6. The van der Waals surface area contributed by atoms with E-state index in [0.717, 1.165) is 11.3 Å². The number of amides is 1. The molecule has 7 heteroatoms. The standard InChI is InChI=1S/C23H22N4O3/c1-15(2)29-20-8-6-16(7-9-20)13-27-14-19(11-21(27)28)22-25-23(30-26-22)18-5-3-4-17(10-18)12-24/h3-10,15,19H,11,13-14H2,1-2H3. The van der Waals surface area contributed by atoms with Gasteiger partial charge in [0.1, 0.15) is 5.75 Å². The quantitative estimate of drug-likeness (QED) is 0.621. The molecule has 1 unspecified atom stereocenters. The molecule has 0 N–H and O–H groups in total. The minimum Gasteiger partial charge on any atom is -0.491 e. The number of likely N-dealkylation sites (tertiary alicyclic amines) is 1. The van der Waals surface area contributed by atoms with Gasteiger partial charge in [-0.1, -0.05) is 23.4 Å². The minimum atomic E-state index is -0.113. The molecule has 1 amide bonds. The van der Waals surface area contributed by atoms with Crippen molar-refractivity contribution in [2.75, 3.05) is 6.54 Å². The van der Waals surface area contributed by atoms with E-state index >= 15 is 0 Å². The van der Waals surface area contributed by atoms with Crippen molar-refractivity contribution >= 4 is 5.91 Å². The average molecular weight is 402 g/mol. The number of nitrogens with zero attached hydrogens (tertiary/aromatic N) is 4. The highest BCUT2D eigenvalue weighted by Crippen LogP contribution is 2.29. The first kappa shape index (κ1) is 19.6. The SMILES string of the molecule is CC(C)Oc1ccc(CN2CC(c3noc(-c4cccc(C#N)c4)n3)CC2=O)cc1. The lowest BCUT2D eigenvalue weighted by Gasteiger charge is -2.17. The van der Waals surface area contributed by atoms with Crippen LogP contribution in [0.4, 0.5) is 0 Å². The van der Waals surface area contributed by atoms with Crippen LogP contribution in [0.15, 0.2) is 53.1 Å². The van der Waals surface area contributed by atoms with E-state index in [2.05, 4.69) is 16.2 Å². The molecule has 1 atom stereocenters. The lowest BCUT2D eigenvalue weighted by molar-refractivity contribution is -0.128. The highest BCUT2D eigenvalue weighted by atomic mass is 16.5. The van der Waals surface area contributed by atoms with Gasteiger partial charge in [-0.15, -0.1) is 0 Å². The van der Waals surface area contributed by atoms with Gasteiger partial charge in [0.15, 0.2) is 5.82 Å². The van der Waals surface area contributed by atoms with E-state index in [1.165, 1.54) is 0 Å². The zero-order chi connectivity index (χ0) is 21.1. The molecule has 1 aliphatic heterocycles. The molecule has 2 heterocycles. The summed E-state index contributed by atoms with van der Waals surface area (Å²) in [5.74, 6) is 1.65. The fourth-order valence-corrected chi connectivity index (χ4v) is 3.50. The fourth-order valence-electron chi connectivity index (χ4n) is 3.50. The second kappa shape index (κ2) is 8.37. The van der Waals surface area contributed by atoms with Crippen LogP contribution < -0.4 is 4.74 Å². The van der Waals surface area contributed by atoms with Crippen molar-refractivity contribution in [3.63, 3.8) is 0 Å². The van der Waals surface area contributed by atoms with Crippen LogP contribution in [0.25, 0.3) is 11.5 Å². The van der Waals surface area contributed by atoms with Crippen LogP contribution in [-0.2, 0) is 11.3 Å². The molecule has 2 aromatic carbocycles. The predicted molar refractivity (Wildman–Crippen MR) is 109 cm³/mol. The number of rotatable bonds is 6. The average Bonchev–Trinajstić information content (AvgIpc) is 3.36. The number of carbonyl (C=O) groups excluding carboxylic acids is 1. The lowest BCUT2D eigenvalue weighted by atomic mass is 10.1. The van der Waals surface area contributed by atoms with Crippen LogP contribution in [0.3, 0.4) is 0 Å². The molecule has 1 fully saturated rings. The maximum Gasteiger partial charge on any atom is 0.257 e. The van der Waals surface area contributed by atoms with E-state index in [9.17, 15) is 4.79 Å². The van der Waals surface area contributed by atoms with Gasteiger partial charge < -0.3 is 14.2 Å². The number of nitriles is 1. The molecule has 0 radical (unpaired) electrons. The molecule has 1 saturated heterocycles. The van der Waals surface area contributed by atoms with Gasteiger partial charge in [-0.25, -0.2) is 0 Å². The third kappa shape index (κ3) is 4.33. The zero-order valence-electron chi connectivity index (χ0n) is 16.9. The van der Waals surface area contributed by atoms with Gasteiger partial charge in [0.2, 0.25) is 5.91 Å².